The minimum absolute atomic E-state index is 0.0452. The Morgan fingerprint density at radius 1 is 1.40 bits per heavy atom. The lowest BCUT2D eigenvalue weighted by Crippen LogP contribution is -2.02. The number of nitro groups is 1. The summed E-state index contributed by atoms with van der Waals surface area (Å²) in [6.07, 6.45) is 1.10. The maximum atomic E-state index is 11.0. The minimum atomic E-state index is -3.16. The molecule has 0 atom stereocenters. The molecule has 0 aliphatic carbocycles. The van der Waals surface area contributed by atoms with Gasteiger partial charge in [0.25, 0.3) is 5.69 Å². The second kappa shape index (κ2) is 3.98. The molecule has 1 aromatic rings. The van der Waals surface area contributed by atoms with Crippen molar-refractivity contribution in [2.45, 2.75) is 12.7 Å². The van der Waals surface area contributed by atoms with Crippen molar-refractivity contribution in [3.05, 3.63) is 39.4 Å². The van der Waals surface area contributed by atoms with Gasteiger partial charge in [0.1, 0.15) is 0 Å². The zero-order valence-corrected chi connectivity index (χ0v) is 9.24. The molecule has 6 heteroatoms. The van der Waals surface area contributed by atoms with Crippen molar-refractivity contribution in [2.75, 3.05) is 6.26 Å². The van der Waals surface area contributed by atoms with Gasteiger partial charge in [-0.3, -0.25) is 10.1 Å². The van der Waals surface area contributed by atoms with E-state index in [0.29, 0.717) is 11.1 Å². The second-order valence-electron chi connectivity index (χ2n) is 3.45. The number of hydrogen-bond donors (Lipinski definition) is 0. The van der Waals surface area contributed by atoms with Gasteiger partial charge in [0.2, 0.25) is 0 Å². The summed E-state index contributed by atoms with van der Waals surface area (Å²) in [6.45, 7) is 1.61. The molecule has 0 N–H and O–H groups in total. The van der Waals surface area contributed by atoms with Crippen LogP contribution in [0.1, 0.15) is 11.1 Å². The Balaban J connectivity index is 3.14. The first-order chi connectivity index (χ1) is 6.79. The summed E-state index contributed by atoms with van der Waals surface area (Å²) in [5.74, 6) is -0.172. The SMILES string of the molecule is Cc1ccc(CS(C)(=O)=O)cc1[N+](=O)[O-]. The van der Waals surface area contributed by atoms with Crippen LogP contribution in [0.2, 0.25) is 0 Å². The van der Waals surface area contributed by atoms with Crippen molar-refractivity contribution < 1.29 is 13.3 Å². The predicted octanol–water partition coefficient (Wildman–Crippen LogP) is 1.45. The van der Waals surface area contributed by atoms with E-state index in [2.05, 4.69) is 0 Å². The lowest BCUT2D eigenvalue weighted by atomic mass is 10.1. The maximum absolute atomic E-state index is 11.0. The first kappa shape index (κ1) is 11.6. The Morgan fingerprint density at radius 2 is 2.00 bits per heavy atom. The summed E-state index contributed by atoms with van der Waals surface area (Å²) in [4.78, 5) is 10.1. The molecule has 0 saturated heterocycles. The molecule has 0 fully saturated rings. The van der Waals surface area contributed by atoms with Crippen LogP contribution in [0.4, 0.5) is 5.69 Å². The topological polar surface area (TPSA) is 77.3 Å². The van der Waals surface area contributed by atoms with Crippen LogP contribution in [0, 0.1) is 17.0 Å². The first-order valence-corrected chi connectivity index (χ1v) is 6.27. The van der Waals surface area contributed by atoms with Crippen LogP contribution in [0.25, 0.3) is 0 Å². The molecule has 0 heterocycles. The van der Waals surface area contributed by atoms with Gasteiger partial charge in [-0.25, -0.2) is 8.42 Å². The first-order valence-electron chi connectivity index (χ1n) is 4.21. The molecule has 0 amide bonds. The second-order valence-corrected chi connectivity index (χ2v) is 5.59. The standard InChI is InChI=1S/C9H11NO4S/c1-7-3-4-8(6-15(2,13)14)5-9(7)10(11)12/h3-5H,6H2,1-2H3. The van der Waals surface area contributed by atoms with E-state index in [4.69, 9.17) is 0 Å². The summed E-state index contributed by atoms with van der Waals surface area (Å²) >= 11 is 0. The molecular weight excluding hydrogens is 218 g/mol. The van der Waals surface area contributed by atoms with Crippen molar-refractivity contribution in [3.8, 4) is 0 Å². The number of hydrogen-bond acceptors (Lipinski definition) is 4. The van der Waals surface area contributed by atoms with E-state index in [1.54, 1.807) is 19.1 Å². The number of nitrogens with zero attached hydrogens (tertiary/aromatic N) is 1. The Morgan fingerprint density at radius 3 is 2.47 bits per heavy atom. The maximum Gasteiger partial charge on any atom is 0.272 e. The average Bonchev–Trinajstić information content (AvgIpc) is 2.05. The molecule has 15 heavy (non-hydrogen) atoms. The van der Waals surface area contributed by atoms with Crippen molar-refractivity contribution in [3.63, 3.8) is 0 Å². The summed E-state index contributed by atoms with van der Waals surface area (Å²) in [5, 5.41) is 10.6. The predicted molar refractivity (Wildman–Crippen MR) is 56.4 cm³/mol. The third-order valence-electron chi connectivity index (χ3n) is 1.90. The van der Waals surface area contributed by atoms with Crippen molar-refractivity contribution in [1.82, 2.24) is 0 Å². The highest BCUT2D eigenvalue weighted by atomic mass is 32.2. The van der Waals surface area contributed by atoms with E-state index >= 15 is 0 Å². The van der Waals surface area contributed by atoms with Gasteiger partial charge < -0.3 is 0 Å². The van der Waals surface area contributed by atoms with Gasteiger partial charge in [-0.2, -0.15) is 0 Å². The van der Waals surface area contributed by atoms with Crippen molar-refractivity contribution in [1.29, 1.82) is 0 Å². The molecule has 0 aliphatic rings. The fourth-order valence-electron chi connectivity index (χ4n) is 1.24. The monoisotopic (exact) mass is 229 g/mol. The lowest BCUT2D eigenvalue weighted by molar-refractivity contribution is -0.385. The highest BCUT2D eigenvalue weighted by Gasteiger charge is 2.13. The van der Waals surface area contributed by atoms with Crippen LogP contribution in [0.5, 0.6) is 0 Å². The minimum Gasteiger partial charge on any atom is -0.258 e. The van der Waals surface area contributed by atoms with Crippen LogP contribution < -0.4 is 0 Å². The lowest BCUT2D eigenvalue weighted by Gasteiger charge is -2.01. The quantitative estimate of drug-likeness (QED) is 0.580. The van der Waals surface area contributed by atoms with Crippen molar-refractivity contribution >= 4 is 15.5 Å². The van der Waals surface area contributed by atoms with Gasteiger partial charge in [0.15, 0.2) is 9.84 Å². The van der Waals surface area contributed by atoms with E-state index < -0.39 is 14.8 Å². The molecule has 0 bridgehead atoms. The van der Waals surface area contributed by atoms with Crippen LogP contribution in [-0.2, 0) is 15.6 Å². The highest BCUT2D eigenvalue weighted by molar-refractivity contribution is 7.89. The number of nitro benzene ring substituents is 1. The summed E-state index contributed by atoms with van der Waals surface area (Å²) in [7, 11) is -3.16. The van der Waals surface area contributed by atoms with E-state index in [1.165, 1.54) is 6.07 Å². The number of rotatable bonds is 3. The molecule has 0 unspecified atom stereocenters. The molecule has 0 saturated carbocycles. The molecule has 0 radical (unpaired) electrons. The Hall–Kier alpha value is -1.43. The normalized spacial score (nSPS) is 11.3. The molecule has 1 rings (SSSR count). The zero-order chi connectivity index (χ0) is 11.6. The Labute approximate surface area is 87.8 Å². The smallest absolute Gasteiger partial charge is 0.258 e. The van der Waals surface area contributed by atoms with Gasteiger partial charge >= 0.3 is 0 Å². The summed E-state index contributed by atoms with van der Waals surface area (Å²) in [6, 6.07) is 4.44. The molecule has 0 spiro atoms. The summed E-state index contributed by atoms with van der Waals surface area (Å²) in [5.41, 5.74) is 0.920. The zero-order valence-electron chi connectivity index (χ0n) is 8.43. The van der Waals surface area contributed by atoms with Crippen LogP contribution >= 0.6 is 0 Å². The third kappa shape index (κ3) is 3.32. The van der Waals surface area contributed by atoms with Gasteiger partial charge in [0.05, 0.1) is 10.7 Å². The van der Waals surface area contributed by atoms with E-state index in [0.717, 1.165) is 6.26 Å². The average molecular weight is 229 g/mol. The fraction of sp³-hybridized carbons (Fsp3) is 0.333. The number of aryl methyl sites for hydroxylation is 1. The molecular formula is C9H11NO4S. The van der Waals surface area contributed by atoms with Gasteiger partial charge in [-0.1, -0.05) is 12.1 Å². The van der Waals surface area contributed by atoms with Gasteiger partial charge in [-0.05, 0) is 12.5 Å². The number of sulfone groups is 1. The van der Waals surface area contributed by atoms with Gasteiger partial charge in [0, 0.05) is 17.9 Å². The largest absolute Gasteiger partial charge is 0.272 e. The summed E-state index contributed by atoms with van der Waals surface area (Å²) < 4.78 is 22.0. The molecule has 0 aromatic heterocycles. The van der Waals surface area contributed by atoms with Crippen molar-refractivity contribution in [2.24, 2.45) is 0 Å². The van der Waals surface area contributed by atoms with Crippen LogP contribution in [-0.4, -0.2) is 19.6 Å². The Bertz CT molecular complexity index is 493. The molecule has 5 nitrogen and oxygen atoms in total. The fourth-order valence-corrected chi connectivity index (χ4v) is 2.03. The van der Waals surface area contributed by atoms with E-state index in [1.807, 2.05) is 0 Å². The number of benzene rings is 1. The van der Waals surface area contributed by atoms with E-state index in [9.17, 15) is 18.5 Å². The van der Waals surface area contributed by atoms with Gasteiger partial charge in [-0.15, -0.1) is 0 Å². The molecule has 0 aliphatic heterocycles. The third-order valence-corrected chi connectivity index (χ3v) is 2.76. The Kier molecular flexibility index (Phi) is 3.09. The molecule has 82 valence electrons. The van der Waals surface area contributed by atoms with Crippen LogP contribution in [0.15, 0.2) is 18.2 Å². The highest BCUT2D eigenvalue weighted by Crippen LogP contribution is 2.20. The molecule has 1 aromatic carbocycles. The van der Waals surface area contributed by atoms with E-state index in [-0.39, 0.29) is 11.4 Å². The van der Waals surface area contributed by atoms with Crippen LogP contribution in [0.3, 0.4) is 0 Å².